The molecule has 0 saturated carbocycles. The third-order valence-electron chi connectivity index (χ3n) is 3.25. The van der Waals surface area contributed by atoms with Gasteiger partial charge < -0.3 is 20.1 Å². The summed E-state index contributed by atoms with van der Waals surface area (Å²) in [5.41, 5.74) is 0. The minimum absolute atomic E-state index is 0.0716. The Hall–Kier alpha value is -1.40. The van der Waals surface area contributed by atoms with Gasteiger partial charge in [0.05, 0.1) is 25.1 Å². The summed E-state index contributed by atoms with van der Waals surface area (Å²) in [7, 11) is 0. The molecule has 1 aromatic heterocycles. The smallest absolute Gasteiger partial charge is 0.234 e. The van der Waals surface area contributed by atoms with E-state index in [9.17, 15) is 5.11 Å². The van der Waals surface area contributed by atoms with E-state index in [1.807, 2.05) is 13.8 Å². The van der Waals surface area contributed by atoms with Gasteiger partial charge in [-0.25, -0.2) is 0 Å². The van der Waals surface area contributed by atoms with Crippen LogP contribution in [0.5, 0.6) is 5.88 Å². The highest BCUT2D eigenvalue weighted by molar-refractivity contribution is 5.38. The van der Waals surface area contributed by atoms with Crippen LogP contribution in [0.1, 0.15) is 26.7 Å². The maximum Gasteiger partial charge on any atom is 0.234 e. The quantitative estimate of drug-likeness (QED) is 0.770. The Morgan fingerprint density at radius 1 is 1.50 bits per heavy atom. The van der Waals surface area contributed by atoms with Crippen LogP contribution in [-0.4, -0.2) is 53.5 Å². The Kier molecular flexibility index (Phi) is 5.55. The van der Waals surface area contributed by atoms with Gasteiger partial charge in [0, 0.05) is 19.1 Å². The summed E-state index contributed by atoms with van der Waals surface area (Å²) < 4.78 is 5.57. The van der Waals surface area contributed by atoms with Crippen LogP contribution in [-0.2, 0) is 0 Å². The SMILES string of the molecule is CC(C)Oc1cncc(N(CCO)CC2CCCN2)n1. The van der Waals surface area contributed by atoms with E-state index in [4.69, 9.17) is 4.74 Å². The van der Waals surface area contributed by atoms with E-state index in [-0.39, 0.29) is 12.7 Å². The molecule has 1 saturated heterocycles. The molecule has 1 aromatic rings. The Morgan fingerprint density at radius 2 is 2.35 bits per heavy atom. The third-order valence-corrected chi connectivity index (χ3v) is 3.25. The predicted octanol–water partition coefficient (Wildman–Crippen LogP) is 0.814. The second-order valence-electron chi connectivity index (χ2n) is 5.35. The molecule has 1 aliphatic heterocycles. The first-order valence-corrected chi connectivity index (χ1v) is 7.27. The Balaban J connectivity index is 2.06. The third kappa shape index (κ3) is 4.31. The van der Waals surface area contributed by atoms with Gasteiger partial charge in [-0.2, -0.15) is 4.98 Å². The Bertz CT molecular complexity index is 408. The summed E-state index contributed by atoms with van der Waals surface area (Å²) in [5, 5.41) is 12.7. The molecule has 0 bridgehead atoms. The zero-order chi connectivity index (χ0) is 14.4. The van der Waals surface area contributed by atoms with E-state index in [1.54, 1.807) is 12.4 Å². The Labute approximate surface area is 120 Å². The molecule has 1 aliphatic rings. The van der Waals surface area contributed by atoms with Crippen LogP contribution in [0.25, 0.3) is 0 Å². The van der Waals surface area contributed by atoms with Gasteiger partial charge in [0.15, 0.2) is 5.82 Å². The van der Waals surface area contributed by atoms with Gasteiger partial charge in [-0.15, -0.1) is 0 Å². The summed E-state index contributed by atoms with van der Waals surface area (Å²) >= 11 is 0. The number of rotatable bonds is 7. The van der Waals surface area contributed by atoms with Crippen molar-refractivity contribution >= 4 is 5.82 Å². The highest BCUT2D eigenvalue weighted by Crippen LogP contribution is 2.17. The molecule has 0 aromatic carbocycles. The van der Waals surface area contributed by atoms with Crippen LogP contribution in [0.4, 0.5) is 5.82 Å². The molecule has 0 amide bonds. The number of aliphatic hydroxyl groups is 1. The summed E-state index contributed by atoms with van der Waals surface area (Å²) in [6.07, 6.45) is 5.78. The molecule has 0 spiro atoms. The summed E-state index contributed by atoms with van der Waals surface area (Å²) in [6, 6.07) is 0.457. The fraction of sp³-hybridized carbons (Fsp3) is 0.714. The molecule has 0 radical (unpaired) electrons. The molecule has 2 N–H and O–H groups in total. The minimum Gasteiger partial charge on any atom is -0.474 e. The number of hydrogen-bond acceptors (Lipinski definition) is 6. The second kappa shape index (κ2) is 7.40. The van der Waals surface area contributed by atoms with Crippen LogP contribution in [0.2, 0.25) is 0 Å². The van der Waals surface area contributed by atoms with Crippen molar-refractivity contribution in [3.05, 3.63) is 12.4 Å². The fourth-order valence-corrected chi connectivity index (χ4v) is 2.39. The summed E-state index contributed by atoms with van der Waals surface area (Å²) in [6.45, 7) is 6.48. The van der Waals surface area contributed by atoms with Gasteiger partial charge in [0.1, 0.15) is 0 Å². The zero-order valence-corrected chi connectivity index (χ0v) is 12.2. The molecule has 1 atom stereocenters. The molecule has 6 heteroatoms. The fourth-order valence-electron chi connectivity index (χ4n) is 2.39. The van der Waals surface area contributed by atoms with Gasteiger partial charge in [-0.1, -0.05) is 0 Å². The Morgan fingerprint density at radius 3 is 3.00 bits per heavy atom. The lowest BCUT2D eigenvalue weighted by atomic mass is 10.2. The largest absolute Gasteiger partial charge is 0.474 e. The van der Waals surface area contributed by atoms with Gasteiger partial charge >= 0.3 is 0 Å². The van der Waals surface area contributed by atoms with Crippen LogP contribution < -0.4 is 15.0 Å². The van der Waals surface area contributed by atoms with Gasteiger partial charge in [0.2, 0.25) is 5.88 Å². The molecular formula is C14H24N4O2. The number of aromatic nitrogens is 2. The average Bonchev–Trinajstić information content (AvgIpc) is 2.91. The average molecular weight is 280 g/mol. The van der Waals surface area contributed by atoms with E-state index < -0.39 is 0 Å². The lowest BCUT2D eigenvalue weighted by Gasteiger charge is -2.26. The van der Waals surface area contributed by atoms with Crippen molar-refractivity contribution in [2.75, 3.05) is 31.1 Å². The number of nitrogens with one attached hydrogen (secondary N) is 1. The van der Waals surface area contributed by atoms with E-state index in [2.05, 4.69) is 20.2 Å². The molecule has 112 valence electrons. The number of ether oxygens (including phenoxy) is 1. The number of hydrogen-bond donors (Lipinski definition) is 2. The summed E-state index contributed by atoms with van der Waals surface area (Å²) in [4.78, 5) is 10.7. The van der Waals surface area contributed by atoms with E-state index >= 15 is 0 Å². The van der Waals surface area contributed by atoms with Crippen molar-refractivity contribution in [1.29, 1.82) is 0 Å². The number of aliphatic hydroxyl groups excluding tert-OH is 1. The van der Waals surface area contributed by atoms with Gasteiger partial charge in [0.25, 0.3) is 0 Å². The van der Waals surface area contributed by atoms with Crippen molar-refractivity contribution in [2.45, 2.75) is 38.8 Å². The van der Waals surface area contributed by atoms with E-state index in [0.717, 1.165) is 25.3 Å². The van der Waals surface area contributed by atoms with Crippen LogP contribution in [0.15, 0.2) is 12.4 Å². The highest BCUT2D eigenvalue weighted by Gasteiger charge is 2.19. The van der Waals surface area contributed by atoms with E-state index in [0.29, 0.717) is 18.5 Å². The number of anilines is 1. The molecular weight excluding hydrogens is 256 g/mol. The highest BCUT2D eigenvalue weighted by atomic mass is 16.5. The number of nitrogens with zero attached hydrogens (tertiary/aromatic N) is 3. The van der Waals surface area contributed by atoms with Crippen LogP contribution in [0, 0.1) is 0 Å². The van der Waals surface area contributed by atoms with Crippen LogP contribution >= 0.6 is 0 Å². The first-order chi connectivity index (χ1) is 9.69. The maximum absolute atomic E-state index is 9.25. The maximum atomic E-state index is 9.25. The molecule has 1 fully saturated rings. The minimum atomic E-state index is 0.0716. The second-order valence-corrected chi connectivity index (χ2v) is 5.35. The lowest BCUT2D eigenvalue weighted by molar-refractivity contribution is 0.231. The molecule has 6 nitrogen and oxygen atoms in total. The summed E-state index contributed by atoms with van der Waals surface area (Å²) in [5.74, 6) is 1.28. The van der Waals surface area contributed by atoms with Crippen LogP contribution in [0.3, 0.4) is 0 Å². The zero-order valence-electron chi connectivity index (χ0n) is 12.2. The first kappa shape index (κ1) is 15.0. The molecule has 0 aliphatic carbocycles. The monoisotopic (exact) mass is 280 g/mol. The molecule has 20 heavy (non-hydrogen) atoms. The van der Waals surface area contributed by atoms with Crippen molar-refractivity contribution < 1.29 is 9.84 Å². The van der Waals surface area contributed by atoms with Gasteiger partial charge in [-0.3, -0.25) is 4.98 Å². The van der Waals surface area contributed by atoms with Crippen molar-refractivity contribution in [2.24, 2.45) is 0 Å². The van der Waals surface area contributed by atoms with E-state index in [1.165, 1.54) is 6.42 Å². The predicted molar refractivity (Wildman–Crippen MR) is 78.1 cm³/mol. The first-order valence-electron chi connectivity index (χ1n) is 7.27. The lowest BCUT2D eigenvalue weighted by Crippen LogP contribution is -2.39. The topological polar surface area (TPSA) is 70.5 Å². The van der Waals surface area contributed by atoms with Crippen molar-refractivity contribution in [1.82, 2.24) is 15.3 Å². The van der Waals surface area contributed by atoms with Gasteiger partial charge in [-0.05, 0) is 33.2 Å². The van der Waals surface area contributed by atoms with Crippen molar-refractivity contribution in [3.63, 3.8) is 0 Å². The van der Waals surface area contributed by atoms with Crippen molar-refractivity contribution in [3.8, 4) is 5.88 Å². The molecule has 2 heterocycles. The molecule has 2 rings (SSSR count). The molecule has 1 unspecified atom stereocenters. The standard InChI is InChI=1S/C14H24N4O2/c1-11(2)20-14-9-15-8-13(17-14)18(6-7-19)10-12-4-3-5-16-12/h8-9,11-12,16,19H,3-7,10H2,1-2H3. The normalized spacial score (nSPS) is 18.5.